The third-order valence-electron chi connectivity index (χ3n) is 3.04. The van der Waals surface area contributed by atoms with Crippen LogP contribution in [0.3, 0.4) is 0 Å². The van der Waals surface area contributed by atoms with Crippen LogP contribution >= 0.6 is 0 Å². The summed E-state index contributed by atoms with van der Waals surface area (Å²) in [6, 6.07) is 0. The maximum absolute atomic E-state index is 11.4. The van der Waals surface area contributed by atoms with Gasteiger partial charge in [0.05, 0.1) is 6.61 Å². The van der Waals surface area contributed by atoms with Gasteiger partial charge < -0.3 is 10.1 Å². The van der Waals surface area contributed by atoms with E-state index < -0.39 is 0 Å². The van der Waals surface area contributed by atoms with Crippen molar-refractivity contribution in [3.63, 3.8) is 0 Å². The van der Waals surface area contributed by atoms with Gasteiger partial charge in [-0.1, -0.05) is 6.92 Å². The molecule has 1 unspecified atom stereocenters. The van der Waals surface area contributed by atoms with Gasteiger partial charge in [0.1, 0.15) is 0 Å². The Morgan fingerprint density at radius 2 is 2.38 bits per heavy atom. The summed E-state index contributed by atoms with van der Waals surface area (Å²) < 4.78 is 5.24. The lowest BCUT2D eigenvalue weighted by Crippen LogP contribution is -2.30. The fourth-order valence-electron chi connectivity index (χ4n) is 1.81. The van der Waals surface area contributed by atoms with E-state index in [0.717, 1.165) is 32.6 Å². The van der Waals surface area contributed by atoms with E-state index in [0.29, 0.717) is 17.8 Å². The van der Waals surface area contributed by atoms with Gasteiger partial charge in [-0.3, -0.25) is 4.79 Å². The Hall–Kier alpha value is -0.570. The second-order valence-electron chi connectivity index (χ2n) is 4.29. The van der Waals surface area contributed by atoms with Gasteiger partial charge in [0.25, 0.3) is 0 Å². The van der Waals surface area contributed by atoms with Crippen LogP contribution < -0.4 is 5.32 Å². The highest BCUT2D eigenvalue weighted by molar-refractivity contribution is 5.81. The van der Waals surface area contributed by atoms with Gasteiger partial charge in [0, 0.05) is 25.0 Å². The molecule has 13 heavy (non-hydrogen) atoms. The van der Waals surface area contributed by atoms with Gasteiger partial charge in [0.15, 0.2) is 0 Å². The first-order valence-electron chi connectivity index (χ1n) is 5.13. The molecule has 1 heterocycles. The Morgan fingerprint density at radius 1 is 1.62 bits per heavy atom. The summed E-state index contributed by atoms with van der Waals surface area (Å²) in [5.41, 5.74) is 0. The fourth-order valence-corrected chi connectivity index (χ4v) is 1.81. The second kappa shape index (κ2) is 3.66. The Bertz CT molecular complexity index is 199. The lowest BCUT2D eigenvalue weighted by atomic mass is 10.1. The molecule has 1 saturated carbocycles. The molecule has 3 heteroatoms. The molecule has 0 radical (unpaired) electrons. The Labute approximate surface area is 78.8 Å². The van der Waals surface area contributed by atoms with Gasteiger partial charge >= 0.3 is 0 Å². The molecule has 0 aromatic rings. The van der Waals surface area contributed by atoms with E-state index in [2.05, 4.69) is 12.2 Å². The van der Waals surface area contributed by atoms with Crippen molar-refractivity contribution in [1.29, 1.82) is 0 Å². The normalized spacial score (nSPS) is 37.5. The average molecular weight is 183 g/mol. The molecule has 2 aliphatic rings. The van der Waals surface area contributed by atoms with Crippen LogP contribution in [0.15, 0.2) is 0 Å². The molecule has 1 amide bonds. The van der Waals surface area contributed by atoms with Crippen LogP contribution in [0.5, 0.6) is 0 Å². The summed E-state index contributed by atoms with van der Waals surface area (Å²) in [6.45, 7) is 4.62. The molecule has 2 rings (SSSR count). The minimum atomic E-state index is 0.249. The summed E-state index contributed by atoms with van der Waals surface area (Å²) in [7, 11) is 0. The molecule has 1 saturated heterocycles. The van der Waals surface area contributed by atoms with Gasteiger partial charge in [-0.2, -0.15) is 0 Å². The third kappa shape index (κ3) is 2.21. The van der Waals surface area contributed by atoms with Crippen molar-refractivity contribution in [2.45, 2.75) is 19.8 Å². The van der Waals surface area contributed by atoms with Crippen LogP contribution in [0, 0.1) is 17.8 Å². The van der Waals surface area contributed by atoms with E-state index in [1.165, 1.54) is 0 Å². The van der Waals surface area contributed by atoms with Crippen LogP contribution in [0.2, 0.25) is 0 Å². The highest BCUT2D eigenvalue weighted by Gasteiger charge is 2.39. The van der Waals surface area contributed by atoms with Crippen LogP contribution in [0.1, 0.15) is 19.8 Å². The lowest BCUT2D eigenvalue weighted by molar-refractivity contribution is -0.122. The van der Waals surface area contributed by atoms with E-state index in [9.17, 15) is 4.79 Å². The number of amides is 1. The standard InChI is InChI=1S/C10H17NO2/c1-7-4-9(7)10(12)11-5-8-2-3-13-6-8/h7-9H,2-6H2,1H3,(H,11,12)/t7-,8?,9-/m0/s1. The molecule has 0 spiro atoms. The molecule has 0 aromatic carbocycles. The lowest BCUT2D eigenvalue weighted by Gasteiger charge is -2.08. The summed E-state index contributed by atoms with van der Waals surface area (Å²) in [6.07, 6.45) is 2.17. The molecular weight excluding hydrogens is 166 g/mol. The molecule has 0 bridgehead atoms. The molecule has 0 aromatic heterocycles. The first kappa shape index (κ1) is 9.00. The summed E-state index contributed by atoms with van der Waals surface area (Å²) in [5, 5.41) is 3.00. The molecule has 1 aliphatic heterocycles. The maximum Gasteiger partial charge on any atom is 0.223 e. The Kier molecular flexibility index (Phi) is 2.54. The SMILES string of the molecule is C[C@H]1C[C@@H]1C(=O)NCC1CCOC1. The predicted molar refractivity (Wildman–Crippen MR) is 49.2 cm³/mol. The van der Waals surface area contributed by atoms with E-state index >= 15 is 0 Å². The van der Waals surface area contributed by atoms with Crippen molar-refractivity contribution < 1.29 is 9.53 Å². The number of rotatable bonds is 3. The molecule has 3 atom stereocenters. The fraction of sp³-hybridized carbons (Fsp3) is 0.900. The zero-order valence-corrected chi connectivity index (χ0v) is 8.08. The highest BCUT2D eigenvalue weighted by atomic mass is 16.5. The van der Waals surface area contributed by atoms with E-state index in [4.69, 9.17) is 4.74 Å². The average Bonchev–Trinajstić information content (AvgIpc) is 2.68. The van der Waals surface area contributed by atoms with Crippen LogP contribution in [-0.4, -0.2) is 25.7 Å². The summed E-state index contributed by atoms with van der Waals surface area (Å²) in [5.74, 6) is 1.72. The van der Waals surface area contributed by atoms with Gasteiger partial charge in [0.2, 0.25) is 5.91 Å². The highest BCUT2D eigenvalue weighted by Crippen LogP contribution is 2.37. The second-order valence-corrected chi connectivity index (χ2v) is 4.29. The first-order valence-corrected chi connectivity index (χ1v) is 5.13. The van der Waals surface area contributed by atoms with E-state index in [-0.39, 0.29) is 5.91 Å². The van der Waals surface area contributed by atoms with Crippen molar-refractivity contribution in [3.05, 3.63) is 0 Å². The third-order valence-corrected chi connectivity index (χ3v) is 3.04. The van der Waals surface area contributed by atoms with Crippen LogP contribution in [0.4, 0.5) is 0 Å². The Morgan fingerprint density at radius 3 is 2.92 bits per heavy atom. The van der Waals surface area contributed by atoms with E-state index in [1.807, 2.05) is 0 Å². The smallest absolute Gasteiger partial charge is 0.223 e. The van der Waals surface area contributed by atoms with Crippen LogP contribution in [0.25, 0.3) is 0 Å². The van der Waals surface area contributed by atoms with Crippen LogP contribution in [-0.2, 0) is 9.53 Å². The summed E-state index contributed by atoms with van der Waals surface area (Å²) in [4.78, 5) is 11.4. The number of hydrogen-bond donors (Lipinski definition) is 1. The number of ether oxygens (including phenoxy) is 1. The molecule has 1 aliphatic carbocycles. The molecule has 1 N–H and O–H groups in total. The van der Waals surface area contributed by atoms with Gasteiger partial charge in [-0.25, -0.2) is 0 Å². The number of carbonyl (C=O) groups is 1. The zero-order valence-electron chi connectivity index (χ0n) is 8.08. The topological polar surface area (TPSA) is 38.3 Å². The van der Waals surface area contributed by atoms with Crippen molar-refractivity contribution in [1.82, 2.24) is 5.32 Å². The van der Waals surface area contributed by atoms with Gasteiger partial charge in [-0.05, 0) is 18.8 Å². The van der Waals surface area contributed by atoms with Crippen molar-refractivity contribution >= 4 is 5.91 Å². The minimum absolute atomic E-state index is 0.249. The van der Waals surface area contributed by atoms with Crippen molar-refractivity contribution in [2.75, 3.05) is 19.8 Å². The number of nitrogens with one attached hydrogen (secondary N) is 1. The predicted octanol–water partition coefficient (Wildman–Crippen LogP) is 0.795. The molecule has 74 valence electrons. The maximum atomic E-state index is 11.4. The van der Waals surface area contributed by atoms with E-state index in [1.54, 1.807) is 0 Å². The quantitative estimate of drug-likeness (QED) is 0.702. The zero-order chi connectivity index (χ0) is 9.26. The number of hydrogen-bond acceptors (Lipinski definition) is 2. The summed E-state index contributed by atoms with van der Waals surface area (Å²) >= 11 is 0. The molecular formula is C10H17NO2. The largest absolute Gasteiger partial charge is 0.381 e. The Balaban J connectivity index is 1.64. The van der Waals surface area contributed by atoms with Crippen molar-refractivity contribution in [3.8, 4) is 0 Å². The van der Waals surface area contributed by atoms with Gasteiger partial charge in [-0.15, -0.1) is 0 Å². The minimum Gasteiger partial charge on any atom is -0.381 e. The molecule has 2 fully saturated rings. The number of carbonyl (C=O) groups excluding carboxylic acids is 1. The first-order chi connectivity index (χ1) is 6.27. The molecule has 3 nitrogen and oxygen atoms in total. The monoisotopic (exact) mass is 183 g/mol. The van der Waals surface area contributed by atoms with Crippen molar-refractivity contribution in [2.24, 2.45) is 17.8 Å².